The largest absolute Gasteiger partial charge is 0.384 e. The van der Waals surface area contributed by atoms with Crippen LogP contribution in [-0.2, 0) is 6.42 Å². The summed E-state index contributed by atoms with van der Waals surface area (Å²) < 4.78 is 0. The van der Waals surface area contributed by atoms with Gasteiger partial charge in [-0.1, -0.05) is 26.2 Å². The number of hydrogen-bond acceptors (Lipinski definition) is 4. The number of rotatable bonds is 4. The summed E-state index contributed by atoms with van der Waals surface area (Å²) in [5, 5.41) is 0. The van der Waals surface area contributed by atoms with Gasteiger partial charge in [0, 0.05) is 25.1 Å². The summed E-state index contributed by atoms with van der Waals surface area (Å²) in [4.78, 5) is 11.3. The summed E-state index contributed by atoms with van der Waals surface area (Å²) in [5.74, 6) is 2.44. The number of nitrogens with two attached hydrogens (primary N) is 1. The maximum absolute atomic E-state index is 5.88. The van der Waals surface area contributed by atoms with Gasteiger partial charge in [-0.25, -0.2) is 9.97 Å². The fourth-order valence-electron chi connectivity index (χ4n) is 2.81. The van der Waals surface area contributed by atoms with Gasteiger partial charge >= 0.3 is 0 Å². The lowest BCUT2D eigenvalue weighted by molar-refractivity contribution is 0.416. The molecule has 2 N–H and O–H groups in total. The lowest BCUT2D eigenvalue weighted by Gasteiger charge is -2.34. The topological polar surface area (TPSA) is 55.0 Å². The van der Waals surface area contributed by atoms with Crippen LogP contribution in [0.25, 0.3) is 0 Å². The van der Waals surface area contributed by atoms with Crippen molar-refractivity contribution < 1.29 is 0 Å². The van der Waals surface area contributed by atoms with Gasteiger partial charge in [0.1, 0.15) is 17.5 Å². The third kappa shape index (κ3) is 2.92. The Morgan fingerprint density at radius 2 is 1.94 bits per heavy atom. The number of aryl methyl sites for hydroxylation is 1. The van der Waals surface area contributed by atoms with Gasteiger partial charge in [-0.2, -0.15) is 0 Å². The van der Waals surface area contributed by atoms with E-state index in [9.17, 15) is 0 Å². The van der Waals surface area contributed by atoms with Crippen LogP contribution in [-0.4, -0.2) is 22.6 Å². The summed E-state index contributed by atoms with van der Waals surface area (Å²) in [5.41, 5.74) is 5.88. The molecule has 0 atom stereocenters. The molecule has 0 aromatic carbocycles. The summed E-state index contributed by atoms with van der Waals surface area (Å²) in [6.07, 6.45) is 7.43. The Morgan fingerprint density at radius 3 is 2.56 bits per heavy atom. The van der Waals surface area contributed by atoms with Crippen molar-refractivity contribution in [3.63, 3.8) is 0 Å². The maximum Gasteiger partial charge on any atom is 0.134 e. The van der Waals surface area contributed by atoms with Gasteiger partial charge in [0.15, 0.2) is 0 Å². The number of nitrogen functional groups attached to an aromatic ring is 1. The normalized spacial score (nSPS) is 16.8. The molecule has 18 heavy (non-hydrogen) atoms. The van der Waals surface area contributed by atoms with E-state index in [4.69, 9.17) is 5.73 Å². The smallest absolute Gasteiger partial charge is 0.134 e. The Hall–Kier alpha value is -1.32. The molecule has 1 saturated carbocycles. The molecule has 100 valence electrons. The van der Waals surface area contributed by atoms with Gasteiger partial charge < -0.3 is 10.6 Å². The lowest BCUT2D eigenvalue weighted by Crippen LogP contribution is -2.37. The molecule has 1 aliphatic rings. The molecule has 0 aliphatic heterocycles. The highest BCUT2D eigenvalue weighted by Crippen LogP contribution is 2.26. The average Bonchev–Trinajstić information content (AvgIpc) is 2.40. The SMILES string of the molecule is CCc1nc(N)cc(N(CC)C2CCCCC2)n1. The van der Waals surface area contributed by atoms with Crippen molar-refractivity contribution in [1.29, 1.82) is 0 Å². The van der Waals surface area contributed by atoms with Gasteiger partial charge in [0.25, 0.3) is 0 Å². The molecule has 0 unspecified atom stereocenters. The Balaban J connectivity index is 2.22. The first-order valence-electron chi connectivity index (χ1n) is 7.14. The molecule has 0 radical (unpaired) electrons. The first kappa shape index (κ1) is 13.1. The second-order valence-corrected chi connectivity index (χ2v) is 5.00. The minimum Gasteiger partial charge on any atom is -0.384 e. The first-order valence-corrected chi connectivity index (χ1v) is 7.14. The van der Waals surface area contributed by atoms with Crippen molar-refractivity contribution in [3.8, 4) is 0 Å². The van der Waals surface area contributed by atoms with E-state index in [1.807, 2.05) is 6.07 Å². The highest BCUT2D eigenvalue weighted by atomic mass is 15.2. The lowest BCUT2D eigenvalue weighted by atomic mass is 9.94. The second-order valence-electron chi connectivity index (χ2n) is 5.00. The average molecular weight is 248 g/mol. The fourth-order valence-corrected chi connectivity index (χ4v) is 2.81. The molecule has 1 aromatic heterocycles. The van der Waals surface area contributed by atoms with Crippen molar-refractivity contribution in [2.45, 2.75) is 58.4 Å². The van der Waals surface area contributed by atoms with Gasteiger partial charge in [-0.05, 0) is 19.8 Å². The van der Waals surface area contributed by atoms with E-state index in [1.165, 1.54) is 32.1 Å². The molecule has 4 nitrogen and oxygen atoms in total. The molecule has 0 bridgehead atoms. The molecule has 1 heterocycles. The molecular weight excluding hydrogens is 224 g/mol. The molecule has 0 spiro atoms. The Bertz CT molecular complexity index is 385. The van der Waals surface area contributed by atoms with Crippen LogP contribution in [0, 0.1) is 0 Å². The second kappa shape index (κ2) is 6.03. The van der Waals surface area contributed by atoms with Crippen LogP contribution in [0.2, 0.25) is 0 Å². The zero-order valence-electron chi connectivity index (χ0n) is 11.5. The van der Waals surface area contributed by atoms with E-state index in [0.29, 0.717) is 11.9 Å². The van der Waals surface area contributed by atoms with Gasteiger partial charge in [0.2, 0.25) is 0 Å². The Labute approximate surface area is 110 Å². The van der Waals surface area contributed by atoms with Gasteiger partial charge in [-0.3, -0.25) is 0 Å². The van der Waals surface area contributed by atoms with Crippen molar-refractivity contribution in [2.24, 2.45) is 0 Å². The van der Waals surface area contributed by atoms with Crippen LogP contribution in [0.4, 0.5) is 11.6 Å². The molecule has 2 rings (SSSR count). The Kier molecular flexibility index (Phi) is 4.39. The maximum atomic E-state index is 5.88. The molecule has 4 heteroatoms. The van der Waals surface area contributed by atoms with E-state index >= 15 is 0 Å². The quantitative estimate of drug-likeness (QED) is 0.890. The van der Waals surface area contributed by atoms with Gasteiger partial charge in [-0.15, -0.1) is 0 Å². The summed E-state index contributed by atoms with van der Waals surface area (Å²) in [6.45, 7) is 5.25. The monoisotopic (exact) mass is 248 g/mol. The predicted molar refractivity (Wildman–Crippen MR) is 75.7 cm³/mol. The van der Waals surface area contributed by atoms with Crippen LogP contribution in [0.3, 0.4) is 0 Å². The predicted octanol–water partition coefficient (Wildman–Crippen LogP) is 2.78. The molecule has 1 aliphatic carbocycles. The molecular formula is C14H24N4. The summed E-state index contributed by atoms with van der Waals surface area (Å²) >= 11 is 0. The third-order valence-electron chi connectivity index (χ3n) is 3.75. The third-order valence-corrected chi connectivity index (χ3v) is 3.75. The van der Waals surface area contributed by atoms with E-state index in [-0.39, 0.29) is 0 Å². The molecule has 0 saturated heterocycles. The van der Waals surface area contributed by atoms with Crippen LogP contribution in [0.5, 0.6) is 0 Å². The van der Waals surface area contributed by atoms with Crippen molar-refractivity contribution in [1.82, 2.24) is 9.97 Å². The zero-order valence-corrected chi connectivity index (χ0v) is 11.5. The van der Waals surface area contributed by atoms with E-state index in [1.54, 1.807) is 0 Å². The van der Waals surface area contributed by atoms with Crippen molar-refractivity contribution in [3.05, 3.63) is 11.9 Å². The van der Waals surface area contributed by atoms with Crippen molar-refractivity contribution >= 4 is 11.6 Å². The number of hydrogen-bond donors (Lipinski definition) is 1. The van der Waals surface area contributed by atoms with E-state index in [2.05, 4.69) is 28.7 Å². The Morgan fingerprint density at radius 1 is 1.22 bits per heavy atom. The molecule has 1 aromatic rings. The minimum atomic E-state index is 0.589. The van der Waals surface area contributed by atoms with E-state index in [0.717, 1.165) is 24.6 Å². The highest BCUT2D eigenvalue weighted by Gasteiger charge is 2.21. The molecule has 0 amide bonds. The van der Waals surface area contributed by atoms with Gasteiger partial charge in [0.05, 0.1) is 0 Å². The first-order chi connectivity index (χ1) is 8.74. The minimum absolute atomic E-state index is 0.589. The number of anilines is 2. The summed E-state index contributed by atoms with van der Waals surface area (Å²) in [7, 11) is 0. The van der Waals surface area contributed by atoms with E-state index < -0.39 is 0 Å². The zero-order chi connectivity index (χ0) is 13.0. The highest BCUT2D eigenvalue weighted by molar-refractivity contribution is 5.47. The summed E-state index contributed by atoms with van der Waals surface area (Å²) in [6, 6.07) is 2.54. The van der Waals surface area contributed by atoms with Crippen LogP contribution in [0.15, 0.2) is 6.07 Å². The number of aromatic nitrogens is 2. The van der Waals surface area contributed by atoms with Crippen LogP contribution in [0.1, 0.15) is 51.8 Å². The van der Waals surface area contributed by atoms with Crippen molar-refractivity contribution in [2.75, 3.05) is 17.2 Å². The fraction of sp³-hybridized carbons (Fsp3) is 0.714. The molecule has 1 fully saturated rings. The van der Waals surface area contributed by atoms with Crippen LogP contribution < -0.4 is 10.6 Å². The standard InChI is InChI=1S/C14H24N4/c1-3-13-16-12(15)10-14(17-13)18(4-2)11-8-6-5-7-9-11/h10-11H,3-9H2,1-2H3,(H2,15,16,17). The van der Waals surface area contributed by atoms with Crippen LogP contribution >= 0.6 is 0 Å². The number of nitrogens with zero attached hydrogens (tertiary/aromatic N) is 3.